The highest BCUT2D eigenvalue weighted by molar-refractivity contribution is 9.10. The minimum atomic E-state index is -0.0796. The van der Waals surface area contributed by atoms with Crippen molar-refractivity contribution in [3.05, 3.63) is 46.1 Å². The summed E-state index contributed by atoms with van der Waals surface area (Å²) in [5.41, 5.74) is 3.06. The zero-order chi connectivity index (χ0) is 18.0. The number of aryl methyl sites for hydroxylation is 1. The molecular formula is C17H17BrN4O2S. The summed E-state index contributed by atoms with van der Waals surface area (Å²) in [6.45, 7) is 4.02. The van der Waals surface area contributed by atoms with Crippen LogP contribution in [0.2, 0.25) is 0 Å². The first kappa shape index (κ1) is 17.8. The van der Waals surface area contributed by atoms with Gasteiger partial charge in [-0.25, -0.2) is 0 Å². The topological polar surface area (TPSA) is 73.0 Å². The summed E-state index contributed by atoms with van der Waals surface area (Å²) in [4.78, 5) is 12.2. The Morgan fingerprint density at radius 1 is 1.28 bits per heavy atom. The lowest BCUT2D eigenvalue weighted by atomic mass is 10.1. The predicted molar refractivity (Wildman–Crippen MR) is 102 cm³/mol. The molecule has 0 saturated carbocycles. The maximum atomic E-state index is 12.2. The van der Waals surface area contributed by atoms with E-state index in [4.69, 9.17) is 4.42 Å². The van der Waals surface area contributed by atoms with Gasteiger partial charge in [0.15, 0.2) is 21.4 Å². The molecule has 3 rings (SSSR count). The minimum Gasteiger partial charge on any atom is -0.446 e. The molecular weight excluding hydrogens is 404 g/mol. The smallest absolute Gasteiger partial charge is 0.234 e. The lowest BCUT2D eigenvalue weighted by Gasteiger charge is -2.10. The van der Waals surface area contributed by atoms with E-state index < -0.39 is 0 Å². The lowest BCUT2D eigenvalue weighted by molar-refractivity contribution is -0.113. The number of amides is 1. The van der Waals surface area contributed by atoms with Crippen molar-refractivity contribution in [2.24, 2.45) is 7.05 Å². The van der Waals surface area contributed by atoms with Gasteiger partial charge in [0.25, 0.3) is 0 Å². The summed E-state index contributed by atoms with van der Waals surface area (Å²) in [7, 11) is 1.84. The normalized spacial score (nSPS) is 10.9. The molecule has 0 bridgehead atoms. The van der Waals surface area contributed by atoms with E-state index >= 15 is 0 Å². The summed E-state index contributed by atoms with van der Waals surface area (Å²) >= 11 is 4.60. The zero-order valence-corrected chi connectivity index (χ0v) is 16.4. The van der Waals surface area contributed by atoms with Crippen LogP contribution in [0.25, 0.3) is 11.6 Å². The summed E-state index contributed by atoms with van der Waals surface area (Å²) in [5.74, 6) is 1.40. The third-order valence-electron chi connectivity index (χ3n) is 3.84. The molecule has 8 heteroatoms. The van der Waals surface area contributed by atoms with Crippen LogP contribution < -0.4 is 5.32 Å². The molecule has 130 valence electrons. The Morgan fingerprint density at radius 2 is 2.08 bits per heavy atom. The number of carbonyl (C=O) groups is 1. The molecule has 0 atom stereocenters. The van der Waals surface area contributed by atoms with Gasteiger partial charge < -0.3 is 14.3 Å². The van der Waals surface area contributed by atoms with E-state index in [1.165, 1.54) is 11.8 Å². The molecule has 0 spiro atoms. The maximum Gasteiger partial charge on any atom is 0.234 e. The average molecular weight is 421 g/mol. The Balaban J connectivity index is 1.65. The summed E-state index contributed by atoms with van der Waals surface area (Å²) < 4.78 is 7.94. The lowest BCUT2D eigenvalue weighted by Crippen LogP contribution is -2.15. The molecule has 0 aliphatic heterocycles. The van der Waals surface area contributed by atoms with Crippen LogP contribution in [0.5, 0.6) is 0 Å². The molecule has 1 aromatic carbocycles. The molecule has 0 unspecified atom stereocenters. The minimum absolute atomic E-state index is 0.0796. The van der Waals surface area contributed by atoms with Gasteiger partial charge >= 0.3 is 0 Å². The van der Waals surface area contributed by atoms with Crippen molar-refractivity contribution in [2.45, 2.75) is 19.0 Å². The maximum absolute atomic E-state index is 12.2. The number of carbonyl (C=O) groups excluding carboxylic acids is 1. The second-order valence-corrected chi connectivity index (χ2v) is 7.28. The molecule has 6 nitrogen and oxygen atoms in total. The molecule has 2 aromatic heterocycles. The number of rotatable bonds is 5. The highest BCUT2D eigenvalue weighted by atomic mass is 79.9. The first-order valence-corrected chi connectivity index (χ1v) is 9.37. The van der Waals surface area contributed by atoms with Gasteiger partial charge in [-0.3, -0.25) is 4.79 Å². The van der Waals surface area contributed by atoms with Crippen molar-refractivity contribution in [2.75, 3.05) is 11.1 Å². The molecule has 0 aliphatic rings. The number of nitrogens with one attached hydrogen (secondary N) is 1. The molecule has 3 aromatic rings. The Morgan fingerprint density at radius 3 is 2.80 bits per heavy atom. The van der Waals surface area contributed by atoms with E-state index in [0.717, 1.165) is 16.8 Å². The predicted octanol–water partition coefficient (Wildman–Crippen LogP) is 4.19. The van der Waals surface area contributed by atoms with E-state index in [2.05, 4.69) is 31.4 Å². The fourth-order valence-electron chi connectivity index (χ4n) is 2.29. The quantitative estimate of drug-likeness (QED) is 0.626. The first-order valence-electron chi connectivity index (χ1n) is 7.59. The van der Waals surface area contributed by atoms with Crippen LogP contribution in [-0.2, 0) is 11.8 Å². The number of furan rings is 1. The second-order valence-electron chi connectivity index (χ2n) is 5.55. The SMILES string of the molecule is Cc1cccc(NC(=O)CSc2nnc(-c3ccc(Br)o3)n2C)c1C. The largest absolute Gasteiger partial charge is 0.446 e. The van der Waals surface area contributed by atoms with Gasteiger partial charge in [0.2, 0.25) is 5.91 Å². The fourth-order valence-corrected chi connectivity index (χ4v) is 3.31. The number of halogens is 1. The molecule has 0 radical (unpaired) electrons. The molecule has 0 aliphatic carbocycles. The number of aromatic nitrogens is 3. The average Bonchev–Trinajstić information content (AvgIpc) is 3.16. The molecule has 0 fully saturated rings. The van der Waals surface area contributed by atoms with Crippen molar-refractivity contribution >= 4 is 39.3 Å². The van der Waals surface area contributed by atoms with E-state index in [1.54, 1.807) is 10.6 Å². The Bertz CT molecular complexity index is 919. The highest BCUT2D eigenvalue weighted by Gasteiger charge is 2.15. The van der Waals surface area contributed by atoms with Crippen molar-refractivity contribution in [3.63, 3.8) is 0 Å². The van der Waals surface area contributed by atoms with Crippen LogP contribution in [0.15, 0.2) is 44.6 Å². The van der Waals surface area contributed by atoms with Gasteiger partial charge in [-0.2, -0.15) is 0 Å². The van der Waals surface area contributed by atoms with E-state index in [0.29, 0.717) is 21.4 Å². The first-order chi connectivity index (χ1) is 12.0. The van der Waals surface area contributed by atoms with Crippen LogP contribution in [0.3, 0.4) is 0 Å². The third-order valence-corrected chi connectivity index (χ3v) is 5.29. The van der Waals surface area contributed by atoms with Crippen LogP contribution in [0, 0.1) is 13.8 Å². The summed E-state index contributed by atoms with van der Waals surface area (Å²) in [6.07, 6.45) is 0. The van der Waals surface area contributed by atoms with Crippen molar-refractivity contribution in [1.29, 1.82) is 0 Å². The van der Waals surface area contributed by atoms with E-state index in [1.807, 2.05) is 45.2 Å². The number of nitrogens with zero attached hydrogens (tertiary/aromatic N) is 3. The molecule has 1 N–H and O–H groups in total. The van der Waals surface area contributed by atoms with Gasteiger partial charge in [-0.05, 0) is 59.1 Å². The number of anilines is 1. The van der Waals surface area contributed by atoms with E-state index in [-0.39, 0.29) is 11.7 Å². The highest BCUT2D eigenvalue weighted by Crippen LogP contribution is 2.26. The summed E-state index contributed by atoms with van der Waals surface area (Å²) in [6, 6.07) is 9.47. The van der Waals surface area contributed by atoms with Gasteiger partial charge in [-0.15, -0.1) is 10.2 Å². The Hall–Kier alpha value is -2.06. The van der Waals surface area contributed by atoms with Crippen molar-refractivity contribution in [3.8, 4) is 11.6 Å². The molecule has 0 saturated heterocycles. The van der Waals surface area contributed by atoms with E-state index in [9.17, 15) is 4.79 Å². The van der Waals surface area contributed by atoms with Crippen molar-refractivity contribution in [1.82, 2.24) is 14.8 Å². The van der Waals surface area contributed by atoms with Crippen LogP contribution >= 0.6 is 27.7 Å². The number of hydrogen-bond acceptors (Lipinski definition) is 5. The van der Waals surface area contributed by atoms with Crippen LogP contribution in [0.4, 0.5) is 5.69 Å². The van der Waals surface area contributed by atoms with Gasteiger partial charge in [0, 0.05) is 12.7 Å². The van der Waals surface area contributed by atoms with Gasteiger partial charge in [0.1, 0.15) is 0 Å². The van der Waals surface area contributed by atoms with Crippen molar-refractivity contribution < 1.29 is 9.21 Å². The van der Waals surface area contributed by atoms with Gasteiger partial charge in [0.05, 0.1) is 5.75 Å². The Kier molecular flexibility index (Phi) is 5.29. The molecule has 25 heavy (non-hydrogen) atoms. The van der Waals surface area contributed by atoms with Gasteiger partial charge in [-0.1, -0.05) is 23.9 Å². The monoisotopic (exact) mass is 420 g/mol. The number of thioether (sulfide) groups is 1. The molecule has 2 heterocycles. The fraction of sp³-hybridized carbons (Fsp3) is 0.235. The van der Waals surface area contributed by atoms with Crippen LogP contribution in [0.1, 0.15) is 11.1 Å². The standard InChI is InChI=1S/C17H17BrN4O2S/c1-10-5-4-6-12(11(10)2)19-15(23)9-25-17-21-20-16(22(17)3)13-7-8-14(18)24-13/h4-8H,9H2,1-3H3,(H,19,23). The number of benzene rings is 1. The van der Waals surface area contributed by atoms with Crippen LogP contribution in [-0.4, -0.2) is 26.4 Å². The number of hydrogen-bond donors (Lipinski definition) is 1. The molecule has 1 amide bonds. The zero-order valence-electron chi connectivity index (χ0n) is 14.0. The third kappa shape index (κ3) is 3.96. The second kappa shape index (κ2) is 7.45. The summed E-state index contributed by atoms with van der Waals surface area (Å²) in [5, 5.41) is 11.9. The Labute approximate surface area is 158 Å².